The van der Waals surface area contributed by atoms with Gasteiger partial charge in [0.15, 0.2) is 17.2 Å². The molecule has 8 nitrogen and oxygen atoms in total. The van der Waals surface area contributed by atoms with Gasteiger partial charge in [-0.3, -0.25) is 4.79 Å². The molecule has 29 heavy (non-hydrogen) atoms. The summed E-state index contributed by atoms with van der Waals surface area (Å²) in [5, 5.41) is 2.68. The quantitative estimate of drug-likeness (QED) is 0.633. The number of benzene rings is 2. The van der Waals surface area contributed by atoms with Crippen LogP contribution in [0.3, 0.4) is 0 Å². The molecule has 1 amide bonds. The topological polar surface area (TPSA) is 95.5 Å². The van der Waals surface area contributed by atoms with Gasteiger partial charge in [0.1, 0.15) is 13.2 Å². The summed E-state index contributed by atoms with van der Waals surface area (Å²) in [6, 6.07) is 10.3. The molecule has 2 aliphatic rings. The number of hydrogen-bond donors (Lipinski definition) is 1. The minimum absolute atomic E-state index is 0.157. The zero-order valence-corrected chi connectivity index (χ0v) is 15.9. The molecule has 0 aromatic heterocycles. The van der Waals surface area contributed by atoms with E-state index in [0.29, 0.717) is 47.3 Å². The lowest BCUT2D eigenvalue weighted by Gasteiger charge is -2.20. The highest BCUT2D eigenvalue weighted by Crippen LogP contribution is 2.41. The summed E-state index contributed by atoms with van der Waals surface area (Å²) in [7, 11) is 1.54. The molecule has 0 spiro atoms. The van der Waals surface area contributed by atoms with Crippen molar-refractivity contribution >= 4 is 29.5 Å². The average molecular weight is 394 g/mol. The highest BCUT2D eigenvalue weighted by molar-refractivity contribution is 6.13. The van der Waals surface area contributed by atoms with E-state index in [-0.39, 0.29) is 17.5 Å². The minimum atomic E-state index is -0.556. The number of nitrogens with zero attached hydrogens (tertiary/aromatic N) is 1. The number of amides is 1. The lowest BCUT2D eigenvalue weighted by atomic mass is 10.1. The summed E-state index contributed by atoms with van der Waals surface area (Å²) in [5.74, 6) is 1.07. The molecule has 2 aliphatic heterocycles. The van der Waals surface area contributed by atoms with E-state index in [0.717, 1.165) is 0 Å². The second kappa shape index (κ2) is 7.67. The number of nitrogens with one attached hydrogen (secondary N) is 1. The predicted molar refractivity (Wildman–Crippen MR) is 105 cm³/mol. The van der Waals surface area contributed by atoms with Crippen LogP contribution in [-0.4, -0.2) is 38.1 Å². The first-order chi connectivity index (χ1) is 14.0. The summed E-state index contributed by atoms with van der Waals surface area (Å²) >= 11 is 0. The standard InChI is InChI=1S/C21H18N2O6/c1-12(24)22-15-5-3-14(4-6-15)20-23-16(21(25)29-20)9-13-10-17(26-2)19-18(11-13)27-7-8-28-19/h3-6,9-11H,7-8H2,1-2H3,(H,22,24)/b16-9-. The lowest BCUT2D eigenvalue weighted by Crippen LogP contribution is -2.16. The summed E-state index contributed by atoms with van der Waals surface area (Å²) < 4.78 is 21.8. The zero-order valence-electron chi connectivity index (χ0n) is 15.9. The van der Waals surface area contributed by atoms with Gasteiger partial charge in [-0.2, -0.15) is 0 Å². The minimum Gasteiger partial charge on any atom is -0.493 e. The van der Waals surface area contributed by atoms with Gasteiger partial charge < -0.3 is 24.3 Å². The number of carbonyl (C=O) groups is 2. The SMILES string of the molecule is COc1cc(/C=C2\N=C(c3ccc(NC(C)=O)cc3)OC2=O)cc2c1OCCO2. The van der Waals surface area contributed by atoms with Crippen molar-refractivity contribution in [3.8, 4) is 17.2 Å². The fourth-order valence-corrected chi connectivity index (χ4v) is 2.97. The van der Waals surface area contributed by atoms with Crippen molar-refractivity contribution in [2.75, 3.05) is 25.6 Å². The number of rotatable bonds is 4. The zero-order chi connectivity index (χ0) is 20.4. The van der Waals surface area contributed by atoms with E-state index in [2.05, 4.69) is 10.3 Å². The maximum absolute atomic E-state index is 12.3. The van der Waals surface area contributed by atoms with E-state index < -0.39 is 5.97 Å². The van der Waals surface area contributed by atoms with Crippen molar-refractivity contribution in [3.63, 3.8) is 0 Å². The van der Waals surface area contributed by atoms with E-state index in [9.17, 15) is 9.59 Å². The second-order valence-electron chi connectivity index (χ2n) is 6.34. The average Bonchev–Trinajstić information content (AvgIpc) is 3.07. The number of hydrogen-bond acceptors (Lipinski definition) is 7. The van der Waals surface area contributed by atoms with Crippen LogP contribution in [-0.2, 0) is 14.3 Å². The van der Waals surface area contributed by atoms with Gasteiger partial charge in [-0.25, -0.2) is 9.79 Å². The van der Waals surface area contributed by atoms with Gasteiger partial charge in [0.2, 0.25) is 17.6 Å². The summed E-state index contributed by atoms with van der Waals surface area (Å²) in [6.45, 7) is 2.32. The van der Waals surface area contributed by atoms with Crippen LogP contribution >= 0.6 is 0 Å². The molecule has 2 heterocycles. The summed E-state index contributed by atoms with van der Waals surface area (Å²) in [4.78, 5) is 27.7. The normalized spacial score (nSPS) is 16.3. The van der Waals surface area contributed by atoms with Gasteiger partial charge in [0.05, 0.1) is 7.11 Å². The third-order valence-corrected chi connectivity index (χ3v) is 4.23. The Labute approximate surface area is 166 Å². The highest BCUT2D eigenvalue weighted by atomic mass is 16.6. The Balaban J connectivity index is 1.62. The Kier molecular flexibility index (Phi) is 4.90. The van der Waals surface area contributed by atoms with Gasteiger partial charge in [-0.1, -0.05) is 0 Å². The van der Waals surface area contributed by atoms with Gasteiger partial charge in [0, 0.05) is 18.2 Å². The number of fused-ring (bicyclic) bond motifs is 1. The van der Waals surface area contributed by atoms with Crippen molar-refractivity contribution in [1.82, 2.24) is 0 Å². The van der Waals surface area contributed by atoms with Gasteiger partial charge in [-0.05, 0) is 48.0 Å². The number of aliphatic imine (C=N–C) groups is 1. The molecule has 0 saturated carbocycles. The van der Waals surface area contributed by atoms with Crippen molar-refractivity contribution in [3.05, 3.63) is 53.2 Å². The molecule has 4 rings (SSSR count). The third-order valence-electron chi connectivity index (χ3n) is 4.23. The first kappa shape index (κ1) is 18.5. The van der Waals surface area contributed by atoms with Crippen LogP contribution in [0.25, 0.3) is 6.08 Å². The van der Waals surface area contributed by atoms with Crippen LogP contribution in [0.15, 0.2) is 47.1 Å². The molecule has 0 atom stereocenters. The first-order valence-electron chi connectivity index (χ1n) is 8.92. The largest absolute Gasteiger partial charge is 0.493 e. The Morgan fingerprint density at radius 2 is 1.93 bits per heavy atom. The molecule has 2 aromatic rings. The molecule has 0 unspecified atom stereocenters. The van der Waals surface area contributed by atoms with E-state index in [1.54, 1.807) is 42.5 Å². The molecule has 0 saturated heterocycles. The van der Waals surface area contributed by atoms with Crippen LogP contribution in [0.4, 0.5) is 5.69 Å². The molecule has 0 fully saturated rings. The Morgan fingerprint density at radius 1 is 1.17 bits per heavy atom. The van der Waals surface area contributed by atoms with Crippen LogP contribution < -0.4 is 19.5 Å². The molecule has 8 heteroatoms. The Morgan fingerprint density at radius 3 is 2.66 bits per heavy atom. The number of methoxy groups -OCH3 is 1. The van der Waals surface area contributed by atoms with Crippen LogP contribution in [0, 0.1) is 0 Å². The van der Waals surface area contributed by atoms with E-state index in [4.69, 9.17) is 18.9 Å². The maximum atomic E-state index is 12.3. The monoisotopic (exact) mass is 394 g/mol. The molecule has 148 valence electrons. The van der Waals surface area contributed by atoms with Crippen LogP contribution in [0.2, 0.25) is 0 Å². The van der Waals surface area contributed by atoms with Gasteiger partial charge >= 0.3 is 5.97 Å². The summed E-state index contributed by atoms with van der Waals surface area (Å²) in [6.07, 6.45) is 1.60. The highest BCUT2D eigenvalue weighted by Gasteiger charge is 2.25. The van der Waals surface area contributed by atoms with Crippen molar-refractivity contribution in [2.45, 2.75) is 6.92 Å². The maximum Gasteiger partial charge on any atom is 0.363 e. The van der Waals surface area contributed by atoms with Crippen molar-refractivity contribution in [2.24, 2.45) is 4.99 Å². The number of ether oxygens (including phenoxy) is 4. The smallest absolute Gasteiger partial charge is 0.363 e. The summed E-state index contributed by atoms with van der Waals surface area (Å²) in [5.41, 5.74) is 2.09. The third kappa shape index (κ3) is 3.91. The van der Waals surface area contributed by atoms with Crippen molar-refractivity contribution < 1.29 is 28.5 Å². The molecule has 0 aliphatic carbocycles. The van der Waals surface area contributed by atoms with Crippen LogP contribution in [0.1, 0.15) is 18.1 Å². The predicted octanol–water partition coefficient (Wildman–Crippen LogP) is 2.77. The number of esters is 1. The Hall–Kier alpha value is -3.81. The molecular formula is C21H18N2O6. The van der Waals surface area contributed by atoms with Gasteiger partial charge in [0.25, 0.3) is 0 Å². The first-order valence-corrected chi connectivity index (χ1v) is 8.92. The number of cyclic esters (lactones) is 1. The molecule has 0 bridgehead atoms. The molecule has 1 N–H and O–H groups in total. The number of carbonyl (C=O) groups excluding carboxylic acids is 2. The fourth-order valence-electron chi connectivity index (χ4n) is 2.97. The second-order valence-corrected chi connectivity index (χ2v) is 6.34. The molecule has 2 aromatic carbocycles. The molecule has 0 radical (unpaired) electrons. The lowest BCUT2D eigenvalue weighted by molar-refractivity contribution is -0.129. The van der Waals surface area contributed by atoms with E-state index in [1.807, 2.05) is 0 Å². The number of anilines is 1. The fraction of sp³-hybridized carbons (Fsp3) is 0.190. The van der Waals surface area contributed by atoms with E-state index >= 15 is 0 Å². The van der Waals surface area contributed by atoms with Crippen LogP contribution in [0.5, 0.6) is 17.2 Å². The Bertz CT molecular complexity index is 1020. The molecular weight excluding hydrogens is 376 g/mol. The van der Waals surface area contributed by atoms with Crippen molar-refractivity contribution in [1.29, 1.82) is 0 Å². The van der Waals surface area contributed by atoms with E-state index in [1.165, 1.54) is 14.0 Å². The van der Waals surface area contributed by atoms with Gasteiger partial charge in [-0.15, -0.1) is 0 Å².